The van der Waals surface area contributed by atoms with E-state index < -0.39 is 35.0 Å². The van der Waals surface area contributed by atoms with Gasteiger partial charge in [-0.3, -0.25) is 19.4 Å². The molecule has 1 aromatic carbocycles. The van der Waals surface area contributed by atoms with E-state index in [0.29, 0.717) is 42.7 Å². The van der Waals surface area contributed by atoms with E-state index in [-0.39, 0.29) is 34.6 Å². The normalized spacial score (nSPS) is 24.4. The summed E-state index contributed by atoms with van der Waals surface area (Å²) in [5.41, 5.74) is 1.33. The summed E-state index contributed by atoms with van der Waals surface area (Å²) in [6, 6.07) is 1.96. The second kappa shape index (κ2) is 14.2. The highest BCUT2D eigenvalue weighted by atomic mass is 16.5. The molecule has 2 N–H and O–H groups in total. The minimum Gasteiger partial charge on any atom is -0.507 e. The molecule has 1 heterocycles. The molecule has 280 valence electrons. The molecule has 6 rings (SSSR count). The molecule has 2 aromatic rings. The smallest absolute Gasteiger partial charge is 0.265 e. The fraction of sp³-hybridized carbons (Fsp3) is 0.675. The fourth-order valence-electron chi connectivity index (χ4n) is 8.65. The third kappa shape index (κ3) is 6.70. The number of benzene rings is 1. The Morgan fingerprint density at radius 2 is 1.67 bits per heavy atom. The average molecular weight is 707 g/mol. The van der Waals surface area contributed by atoms with Gasteiger partial charge in [0.15, 0.2) is 11.4 Å². The van der Waals surface area contributed by atoms with E-state index in [1.807, 2.05) is 46.1 Å². The Kier molecular flexibility index (Phi) is 10.4. The SMILES string of the molecule is CCCCOc1cc(CN(CC(C)(C)C)C2CC2)c(N(C)C)c2c1C(O)=C1C(=O)[C@]3(O)C(=O)c4c(OCCCC)noc4[C@@H](N(C)C)[C@@H]3C[C@@H]1C2. The van der Waals surface area contributed by atoms with Crippen LogP contribution in [-0.4, -0.2) is 96.3 Å². The molecular weight excluding hydrogens is 648 g/mol. The molecule has 0 saturated heterocycles. The number of carbonyl (C=O) groups excluding carboxylic acids is 2. The Morgan fingerprint density at radius 3 is 2.25 bits per heavy atom. The number of ketones is 2. The second-order valence-corrected chi connectivity index (χ2v) is 16.8. The van der Waals surface area contributed by atoms with Crippen LogP contribution in [0.5, 0.6) is 11.6 Å². The number of ether oxygens (including phenoxy) is 2. The van der Waals surface area contributed by atoms with Crippen molar-refractivity contribution in [3.8, 4) is 11.6 Å². The standard InChI is InChI=1S/C40H58N4O7/c1-10-12-16-49-28-20-24(21-44(25-14-15-25)22-39(3,4)5)32(42(6)7)26-18-23-19-27-33(43(8)9)35-31(38(41-51-35)50-17-13-11-2)37(47)40(27,48)36(46)29(23)34(45)30(26)28/h20,23,25,27,33,45,48H,10-19,21-22H2,1-9H3/t23-,27-,33-,40-/m0/s1. The van der Waals surface area contributed by atoms with Crippen molar-refractivity contribution < 1.29 is 33.8 Å². The maximum atomic E-state index is 14.8. The molecule has 0 unspecified atom stereocenters. The number of anilines is 1. The Morgan fingerprint density at radius 1 is 1.00 bits per heavy atom. The zero-order chi connectivity index (χ0) is 37.0. The molecule has 11 heteroatoms. The zero-order valence-electron chi connectivity index (χ0n) is 32.1. The number of carbonyl (C=O) groups is 2. The van der Waals surface area contributed by atoms with Crippen LogP contribution < -0.4 is 14.4 Å². The van der Waals surface area contributed by atoms with Gasteiger partial charge >= 0.3 is 0 Å². The summed E-state index contributed by atoms with van der Waals surface area (Å²) in [5.74, 6) is -2.21. The lowest BCUT2D eigenvalue weighted by Crippen LogP contribution is -2.63. The highest BCUT2D eigenvalue weighted by Gasteiger charge is 2.65. The number of unbranched alkanes of at least 4 members (excludes halogenated alkanes) is 2. The number of fused-ring (bicyclic) bond motifs is 4. The molecule has 0 bridgehead atoms. The average Bonchev–Trinajstić information content (AvgIpc) is 3.82. The molecule has 1 aromatic heterocycles. The number of aromatic nitrogens is 1. The predicted molar refractivity (Wildman–Crippen MR) is 197 cm³/mol. The van der Waals surface area contributed by atoms with Crippen molar-refractivity contribution in [2.24, 2.45) is 17.3 Å². The number of nitrogens with zero attached hydrogens (tertiary/aromatic N) is 4. The van der Waals surface area contributed by atoms with Crippen LogP contribution in [0.4, 0.5) is 5.69 Å². The van der Waals surface area contributed by atoms with Crippen LogP contribution in [0.15, 0.2) is 16.2 Å². The lowest BCUT2D eigenvalue weighted by atomic mass is 9.57. The van der Waals surface area contributed by atoms with Gasteiger partial charge in [-0.1, -0.05) is 47.5 Å². The van der Waals surface area contributed by atoms with Crippen molar-refractivity contribution in [2.75, 3.05) is 52.8 Å². The summed E-state index contributed by atoms with van der Waals surface area (Å²) in [5, 5.41) is 28.8. The molecule has 4 aliphatic carbocycles. The number of rotatable bonds is 14. The van der Waals surface area contributed by atoms with Crippen LogP contribution in [0.25, 0.3) is 5.76 Å². The third-order valence-electron chi connectivity index (χ3n) is 11.0. The van der Waals surface area contributed by atoms with E-state index in [4.69, 9.17) is 14.0 Å². The van der Waals surface area contributed by atoms with Crippen molar-refractivity contribution in [3.63, 3.8) is 0 Å². The first-order valence-electron chi connectivity index (χ1n) is 18.9. The number of Topliss-reactive ketones (excluding diaryl/α,β-unsaturated/α-hetero) is 2. The van der Waals surface area contributed by atoms with Gasteiger partial charge in [0.1, 0.15) is 17.1 Å². The Balaban J connectivity index is 1.49. The van der Waals surface area contributed by atoms with Gasteiger partial charge in [0.05, 0.1) is 24.8 Å². The van der Waals surface area contributed by atoms with Gasteiger partial charge < -0.3 is 29.1 Å². The van der Waals surface area contributed by atoms with Crippen molar-refractivity contribution in [3.05, 3.63) is 39.7 Å². The lowest BCUT2D eigenvalue weighted by molar-refractivity contribution is -0.142. The molecule has 51 heavy (non-hydrogen) atoms. The van der Waals surface area contributed by atoms with Crippen LogP contribution in [0.2, 0.25) is 0 Å². The molecule has 4 atom stereocenters. The van der Waals surface area contributed by atoms with Gasteiger partial charge in [-0.2, -0.15) is 0 Å². The summed E-state index contributed by atoms with van der Waals surface area (Å²) in [6.45, 7) is 13.4. The van der Waals surface area contributed by atoms with Crippen molar-refractivity contribution in [1.82, 2.24) is 15.0 Å². The van der Waals surface area contributed by atoms with Crippen LogP contribution in [0.1, 0.15) is 118 Å². The Labute approximate surface area is 302 Å². The van der Waals surface area contributed by atoms with Gasteiger partial charge in [-0.15, -0.1) is 0 Å². The monoisotopic (exact) mass is 706 g/mol. The molecule has 4 aliphatic rings. The maximum absolute atomic E-state index is 14.8. The van der Waals surface area contributed by atoms with Crippen LogP contribution in [0, 0.1) is 17.3 Å². The van der Waals surface area contributed by atoms with E-state index in [0.717, 1.165) is 55.6 Å². The number of hydrogen-bond donors (Lipinski definition) is 2. The van der Waals surface area contributed by atoms with E-state index in [1.165, 1.54) is 12.8 Å². The molecule has 0 radical (unpaired) electrons. The molecule has 0 spiro atoms. The first-order chi connectivity index (χ1) is 24.1. The minimum absolute atomic E-state index is 0.00486. The van der Waals surface area contributed by atoms with E-state index in [2.05, 4.69) is 42.7 Å². The summed E-state index contributed by atoms with van der Waals surface area (Å²) in [7, 11) is 7.73. The van der Waals surface area contributed by atoms with E-state index in [9.17, 15) is 19.8 Å². The van der Waals surface area contributed by atoms with Crippen molar-refractivity contribution in [2.45, 2.75) is 110 Å². The van der Waals surface area contributed by atoms with Gasteiger partial charge in [0.2, 0.25) is 11.6 Å². The summed E-state index contributed by atoms with van der Waals surface area (Å²) >= 11 is 0. The van der Waals surface area contributed by atoms with Gasteiger partial charge in [-0.05, 0) is 86.3 Å². The topological polar surface area (TPSA) is 129 Å². The summed E-state index contributed by atoms with van der Waals surface area (Å²) < 4.78 is 18.1. The van der Waals surface area contributed by atoms with E-state index in [1.54, 1.807) is 0 Å². The largest absolute Gasteiger partial charge is 0.507 e. The zero-order valence-corrected chi connectivity index (χ0v) is 32.1. The Hall–Kier alpha value is -3.41. The van der Waals surface area contributed by atoms with Crippen LogP contribution in [0.3, 0.4) is 0 Å². The highest BCUT2D eigenvalue weighted by Crippen LogP contribution is 2.57. The first-order valence-corrected chi connectivity index (χ1v) is 18.9. The molecule has 11 nitrogen and oxygen atoms in total. The third-order valence-corrected chi connectivity index (χ3v) is 11.0. The number of aliphatic hydroxyl groups excluding tert-OH is 1. The fourth-order valence-corrected chi connectivity index (χ4v) is 8.65. The van der Waals surface area contributed by atoms with E-state index >= 15 is 0 Å². The van der Waals surface area contributed by atoms with Crippen LogP contribution >= 0.6 is 0 Å². The van der Waals surface area contributed by atoms with Gasteiger partial charge in [0.25, 0.3) is 5.88 Å². The van der Waals surface area contributed by atoms with Crippen LogP contribution in [-0.2, 0) is 17.8 Å². The molecule has 0 amide bonds. The first kappa shape index (κ1) is 37.4. The maximum Gasteiger partial charge on any atom is 0.265 e. The lowest BCUT2D eigenvalue weighted by Gasteiger charge is -2.49. The number of hydrogen-bond acceptors (Lipinski definition) is 11. The molecule has 2 fully saturated rings. The Bertz CT molecular complexity index is 1680. The van der Waals surface area contributed by atoms with Gasteiger partial charge in [0, 0.05) is 50.4 Å². The highest BCUT2D eigenvalue weighted by molar-refractivity contribution is 6.26. The summed E-state index contributed by atoms with van der Waals surface area (Å²) in [4.78, 5) is 35.7. The van der Waals surface area contributed by atoms with Gasteiger partial charge in [-0.25, -0.2) is 0 Å². The molecule has 0 aliphatic heterocycles. The van der Waals surface area contributed by atoms with Crippen molar-refractivity contribution >= 4 is 23.0 Å². The number of aliphatic hydroxyl groups is 2. The van der Waals surface area contributed by atoms with Crippen molar-refractivity contribution in [1.29, 1.82) is 0 Å². The second-order valence-electron chi connectivity index (χ2n) is 16.8. The minimum atomic E-state index is -2.43. The molecular formula is C40H58N4O7. The molecule has 2 saturated carbocycles. The quantitative estimate of drug-likeness (QED) is 0.168. The predicted octanol–water partition coefficient (Wildman–Crippen LogP) is 6.37. The summed E-state index contributed by atoms with van der Waals surface area (Å²) in [6.07, 6.45) is 6.50.